The summed E-state index contributed by atoms with van der Waals surface area (Å²) in [5.74, 6) is 0. The van der Waals surface area contributed by atoms with Gasteiger partial charge in [-0.1, -0.05) is 158 Å². The molecule has 0 radical (unpaired) electrons. The van der Waals surface area contributed by atoms with Crippen LogP contribution >= 0.6 is 22.6 Å². The van der Waals surface area contributed by atoms with Gasteiger partial charge in [-0.2, -0.15) is 0 Å². The van der Waals surface area contributed by atoms with Crippen molar-refractivity contribution < 1.29 is 0 Å². The van der Waals surface area contributed by atoms with Gasteiger partial charge in [-0.3, -0.25) is 0 Å². The van der Waals surface area contributed by atoms with Crippen LogP contribution in [0.15, 0.2) is 200 Å². The minimum absolute atomic E-state index is 0.989. The third kappa shape index (κ3) is 6.14. The van der Waals surface area contributed by atoms with E-state index in [0.29, 0.717) is 0 Å². The molecular weight excluding hydrogens is 800 g/mol. The van der Waals surface area contributed by atoms with Crippen LogP contribution in [-0.4, -0.2) is 0 Å². The van der Waals surface area contributed by atoms with E-state index in [0.717, 1.165) is 12.8 Å². The lowest BCUT2D eigenvalue weighted by Crippen LogP contribution is -1.97. The molecule has 0 saturated heterocycles. The molecule has 1 heteroatoms. The van der Waals surface area contributed by atoms with Crippen LogP contribution in [0, 0.1) is 3.57 Å². The second-order valence-electron chi connectivity index (χ2n) is 15.4. The van der Waals surface area contributed by atoms with Crippen LogP contribution in [0.3, 0.4) is 0 Å². The third-order valence-electron chi connectivity index (χ3n) is 12.0. The Morgan fingerprint density at radius 3 is 1.44 bits per heavy atom. The highest BCUT2D eigenvalue weighted by Gasteiger charge is 2.14. The molecular formula is C56H37I. The molecule has 57 heavy (non-hydrogen) atoms. The summed E-state index contributed by atoms with van der Waals surface area (Å²) >= 11 is 2.47. The smallest absolute Gasteiger partial charge is 0.0162 e. The highest BCUT2D eigenvalue weighted by atomic mass is 127. The molecule has 0 aliphatic heterocycles. The molecule has 11 rings (SSSR count). The van der Waals surface area contributed by atoms with Crippen molar-refractivity contribution in [1.29, 1.82) is 0 Å². The molecule has 0 N–H and O–H groups in total. The molecule has 0 unspecified atom stereocenters. The lowest BCUT2D eigenvalue weighted by atomic mass is 9.89. The Balaban J connectivity index is 0.994. The zero-order valence-electron chi connectivity index (χ0n) is 31.3. The van der Waals surface area contributed by atoms with Gasteiger partial charge in [0.25, 0.3) is 0 Å². The van der Waals surface area contributed by atoms with Crippen LogP contribution in [0.4, 0.5) is 0 Å². The Hall–Kier alpha value is -6.29. The SMILES string of the molecule is Ic1ccccc1CCc1cc2ccccc2cc1-c1ccc2ccc(-c3ccc4ccc(-c5cc6ccccc6c6c5ccc5ccccc56)cc4c3)cc2c1. The number of benzene rings is 11. The van der Waals surface area contributed by atoms with Crippen LogP contribution in [0.2, 0.25) is 0 Å². The Morgan fingerprint density at radius 1 is 0.281 bits per heavy atom. The number of aryl methyl sites for hydroxylation is 2. The first-order valence-corrected chi connectivity index (χ1v) is 20.9. The maximum Gasteiger partial charge on any atom is 0.0162 e. The van der Waals surface area contributed by atoms with Gasteiger partial charge in [0, 0.05) is 3.57 Å². The monoisotopic (exact) mass is 836 g/mol. The minimum atomic E-state index is 0.989. The fraction of sp³-hybridized carbons (Fsp3) is 0.0357. The van der Waals surface area contributed by atoms with Gasteiger partial charge in [0.05, 0.1) is 0 Å². The molecule has 0 bridgehead atoms. The van der Waals surface area contributed by atoms with E-state index in [-0.39, 0.29) is 0 Å². The molecule has 0 spiro atoms. The summed E-state index contributed by atoms with van der Waals surface area (Å²) in [5.41, 5.74) is 10.3. The molecule has 0 heterocycles. The minimum Gasteiger partial charge on any atom is -0.0619 e. The van der Waals surface area contributed by atoms with Crippen molar-refractivity contribution in [1.82, 2.24) is 0 Å². The number of hydrogen-bond donors (Lipinski definition) is 0. The van der Waals surface area contributed by atoms with Gasteiger partial charge in [0.1, 0.15) is 0 Å². The summed E-state index contributed by atoms with van der Waals surface area (Å²) in [6.07, 6.45) is 2.00. The topological polar surface area (TPSA) is 0 Å². The zero-order chi connectivity index (χ0) is 37.9. The number of halogens is 1. The molecule has 0 aromatic heterocycles. The van der Waals surface area contributed by atoms with Gasteiger partial charge in [0.15, 0.2) is 0 Å². The van der Waals surface area contributed by atoms with E-state index in [1.807, 2.05) is 0 Å². The van der Waals surface area contributed by atoms with E-state index in [2.05, 4.69) is 223 Å². The standard InChI is InChI=1S/C56H37I/c57-55-16-8-5-10-39(55)21-26-45-29-40-11-1-2-12-41(40)34-53(45)46-24-19-36-17-22-42(30-48(36)32-46)43-23-18-37-20-25-47(33-49(37)31-43)54-35-44-13-4-7-15-51(44)56-50-14-6-3-9-38(50)27-28-52(54)56/h1-20,22-25,27-35H,21,26H2. The van der Waals surface area contributed by atoms with Crippen LogP contribution in [0.1, 0.15) is 11.1 Å². The number of fused-ring (bicyclic) bond motifs is 8. The van der Waals surface area contributed by atoms with Crippen LogP contribution in [-0.2, 0) is 12.8 Å². The maximum atomic E-state index is 2.47. The predicted octanol–water partition coefficient (Wildman–Crippen LogP) is 16.0. The maximum absolute atomic E-state index is 2.47. The number of rotatable bonds is 6. The highest BCUT2D eigenvalue weighted by molar-refractivity contribution is 14.1. The summed E-state index contributed by atoms with van der Waals surface area (Å²) in [5, 5.41) is 15.3. The van der Waals surface area contributed by atoms with Crippen LogP contribution in [0.25, 0.3) is 98.0 Å². The van der Waals surface area contributed by atoms with E-state index in [9.17, 15) is 0 Å². The van der Waals surface area contributed by atoms with E-state index < -0.39 is 0 Å². The molecule has 0 aliphatic rings. The van der Waals surface area contributed by atoms with Crippen molar-refractivity contribution in [2.75, 3.05) is 0 Å². The fourth-order valence-electron chi connectivity index (χ4n) is 9.03. The molecule has 11 aromatic carbocycles. The summed E-state index contributed by atoms with van der Waals surface area (Å²) in [6, 6.07) is 74.6. The molecule has 0 aliphatic carbocycles. The molecule has 0 nitrogen and oxygen atoms in total. The molecule has 0 amide bonds. The van der Waals surface area contributed by atoms with Crippen molar-refractivity contribution in [2.45, 2.75) is 12.8 Å². The first-order chi connectivity index (χ1) is 28.1. The Labute approximate surface area is 346 Å². The van der Waals surface area contributed by atoms with Crippen molar-refractivity contribution in [3.05, 3.63) is 215 Å². The third-order valence-corrected chi connectivity index (χ3v) is 13.0. The number of hydrogen-bond acceptors (Lipinski definition) is 0. The summed E-state index contributed by atoms with van der Waals surface area (Å²) < 4.78 is 1.33. The average molecular weight is 837 g/mol. The Kier molecular flexibility index (Phi) is 8.36. The van der Waals surface area contributed by atoms with Crippen molar-refractivity contribution in [3.8, 4) is 33.4 Å². The zero-order valence-corrected chi connectivity index (χ0v) is 33.5. The predicted molar refractivity (Wildman–Crippen MR) is 254 cm³/mol. The molecule has 0 atom stereocenters. The first-order valence-electron chi connectivity index (χ1n) is 19.8. The van der Waals surface area contributed by atoms with Gasteiger partial charge in [0.2, 0.25) is 0 Å². The van der Waals surface area contributed by atoms with Gasteiger partial charge in [-0.15, -0.1) is 0 Å². The van der Waals surface area contributed by atoms with Crippen LogP contribution in [0.5, 0.6) is 0 Å². The normalized spacial score (nSPS) is 11.7. The van der Waals surface area contributed by atoms with E-state index in [1.54, 1.807) is 0 Å². The molecule has 0 saturated carbocycles. The lowest BCUT2D eigenvalue weighted by Gasteiger charge is -2.15. The van der Waals surface area contributed by atoms with Gasteiger partial charge < -0.3 is 0 Å². The largest absolute Gasteiger partial charge is 0.0619 e. The Bertz CT molecular complexity index is 3360. The molecule has 268 valence electrons. The molecule has 0 fully saturated rings. The van der Waals surface area contributed by atoms with Crippen molar-refractivity contribution >= 4 is 87.2 Å². The highest BCUT2D eigenvalue weighted by Crippen LogP contribution is 2.40. The van der Waals surface area contributed by atoms with E-state index in [1.165, 1.54) is 113 Å². The van der Waals surface area contributed by atoms with E-state index in [4.69, 9.17) is 0 Å². The second kappa shape index (κ2) is 14.0. The van der Waals surface area contributed by atoms with Gasteiger partial charge in [-0.05, 0) is 187 Å². The summed E-state index contributed by atoms with van der Waals surface area (Å²) in [4.78, 5) is 0. The summed E-state index contributed by atoms with van der Waals surface area (Å²) in [7, 11) is 0. The van der Waals surface area contributed by atoms with Gasteiger partial charge in [-0.25, -0.2) is 0 Å². The lowest BCUT2D eigenvalue weighted by molar-refractivity contribution is 0.958. The molecule has 11 aromatic rings. The average Bonchev–Trinajstić information content (AvgIpc) is 3.27. The van der Waals surface area contributed by atoms with Crippen LogP contribution < -0.4 is 0 Å². The van der Waals surface area contributed by atoms with Crippen molar-refractivity contribution in [3.63, 3.8) is 0 Å². The first kappa shape index (κ1) is 34.0. The van der Waals surface area contributed by atoms with Crippen molar-refractivity contribution in [2.24, 2.45) is 0 Å². The fourth-order valence-corrected chi connectivity index (χ4v) is 9.69. The second-order valence-corrected chi connectivity index (χ2v) is 16.5. The summed E-state index contributed by atoms with van der Waals surface area (Å²) in [6.45, 7) is 0. The Morgan fingerprint density at radius 2 is 0.754 bits per heavy atom. The van der Waals surface area contributed by atoms with E-state index >= 15 is 0 Å². The quantitative estimate of drug-likeness (QED) is 0.116. The van der Waals surface area contributed by atoms with Gasteiger partial charge >= 0.3 is 0 Å².